The average molecular weight is 257 g/mol. The molecule has 0 aliphatic rings. The third-order valence-electron chi connectivity index (χ3n) is 3.03. The van der Waals surface area contributed by atoms with Crippen molar-refractivity contribution in [2.75, 3.05) is 7.11 Å². The Morgan fingerprint density at radius 1 is 1.26 bits per heavy atom. The number of aromatic nitrogens is 1. The van der Waals surface area contributed by atoms with Gasteiger partial charge in [-0.15, -0.1) is 0 Å². The fraction of sp³-hybridized carbons (Fsp3) is 0.143. The highest BCUT2D eigenvalue weighted by molar-refractivity contribution is 6.03. The van der Waals surface area contributed by atoms with Crippen molar-refractivity contribution in [3.63, 3.8) is 0 Å². The quantitative estimate of drug-likeness (QED) is 0.534. The van der Waals surface area contributed by atoms with Crippen LogP contribution in [0.25, 0.3) is 21.9 Å². The lowest BCUT2D eigenvalue weighted by molar-refractivity contribution is 0.407. The minimum Gasteiger partial charge on any atom is -0.493 e. The van der Waals surface area contributed by atoms with Gasteiger partial charge in [0, 0.05) is 17.1 Å². The van der Waals surface area contributed by atoms with Gasteiger partial charge in [0.1, 0.15) is 5.39 Å². The maximum absolute atomic E-state index is 12.0. The van der Waals surface area contributed by atoms with Crippen LogP contribution in [0.2, 0.25) is 0 Å². The summed E-state index contributed by atoms with van der Waals surface area (Å²) in [7, 11) is 1.50. The molecule has 3 aromatic rings. The van der Waals surface area contributed by atoms with E-state index in [9.17, 15) is 9.59 Å². The van der Waals surface area contributed by atoms with Gasteiger partial charge in [0.25, 0.3) is 0 Å². The summed E-state index contributed by atoms with van der Waals surface area (Å²) in [6.07, 6.45) is 0. The van der Waals surface area contributed by atoms with E-state index in [0.717, 1.165) is 0 Å². The molecule has 1 N–H and O–H groups in total. The second kappa shape index (κ2) is 3.98. The molecule has 3 rings (SSSR count). The first kappa shape index (κ1) is 11.5. The average Bonchev–Trinajstić information content (AvgIpc) is 2.37. The summed E-state index contributed by atoms with van der Waals surface area (Å²) >= 11 is 0. The molecule has 5 nitrogen and oxygen atoms in total. The Hall–Kier alpha value is -2.56. The molecule has 0 saturated heterocycles. The molecule has 5 heteroatoms. The zero-order valence-electron chi connectivity index (χ0n) is 10.4. The number of ether oxygens (including phenoxy) is 1. The van der Waals surface area contributed by atoms with Gasteiger partial charge in [0.05, 0.1) is 12.6 Å². The van der Waals surface area contributed by atoms with Crippen LogP contribution in [0.3, 0.4) is 0 Å². The number of hydrogen-bond donors (Lipinski definition) is 1. The minimum absolute atomic E-state index is 0.0337. The number of aromatic amines is 1. The zero-order chi connectivity index (χ0) is 13.6. The topological polar surface area (TPSA) is 72.3 Å². The lowest BCUT2D eigenvalue weighted by Crippen LogP contribution is -2.14. The van der Waals surface area contributed by atoms with E-state index in [-0.39, 0.29) is 10.8 Å². The predicted octanol–water partition coefficient (Wildman–Crippen LogP) is 1.95. The fourth-order valence-electron chi connectivity index (χ4n) is 2.21. The van der Waals surface area contributed by atoms with Crippen LogP contribution >= 0.6 is 0 Å². The first-order chi connectivity index (χ1) is 9.11. The third kappa shape index (κ3) is 1.62. The Balaban J connectivity index is 2.68. The molecule has 96 valence electrons. The standard InChI is InChI=1S/C14H11NO4/c1-7-6-9(16)11-12(15-7)8-4-3-5-10(18-2)13(8)19-14(11)17/h3-6H,1-2H3,(H,15,16). The van der Waals surface area contributed by atoms with Crippen molar-refractivity contribution in [3.05, 3.63) is 50.6 Å². The van der Waals surface area contributed by atoms with Crippen LogP contribution in [-0.4, -0.2) is 12.1 Å². The third-order valence-corrected chi connectivity index (χ3v) is 3.03. The summed E-state index contributed by atoms with van der Waals surface area (Å²) in [4.78, 5) is 26.9. The predicted molar refractivity (Wildman–Crippen MR) is 71.9 cm³/mol. The van der Waals surface area contributed by atoms with Crippen LogP contribution in [0.1, 0.15) is 5.69 Å². The van der Waals surface area contributed by atoms with E-state index >= 15 is 0 Å². The zero-order valence-corrected chi connectivity index (χ0v) is 10.4. The summed E-state index contributed by atoms with van der Waals surface area (Å²) in [5, 5.41) is 0.682. The minimum atomic E-state index is -0.659. The molecule has 0 spiro atoms. The van der Waals surface area contributed by atoms with Crippen LogP contribution in [0.5, 0.6) is 5.75 Å². The van der Waals surface area contributed by atoms with Gasteiger partial charge in [-0.2, -0.15) is 0 Å². The van der Waals surface area contributed by atoms with Gasteiger partial charge in [0.2, 0.25) is 0 Å². The van der Waals surface area contributed by atoms with Gasteiger partial charge < -0.3 is 14.1 Å². The van der Waals surface area contributed by atoms with Gasteiger partial charge >= 0.3 is 5.63 Å². The Kier molecular flexibility index (Phi) is 2.41. The Morgan fingerprint density at radius 2 is 2.05 bits per heavy atom. The molecule has 19 heavy (non-hydrogen) atoms. The van der Waals surface area contributed by atoms with Crippen LogP contribution < -0.4 is 15.8 Å². The van der Waals surface area contributed by atoms with Crippen LogP contribution in [-0.2, 0) is 0 Å². The van der Waals surface area contributed by atoms with Gasteiger partial charge in [-0.05, 0) is 19.1 Å². The Labute approximate surface area is 107 Å². The van der Waals surface area contributed by atoms with Crippen LogP contribution in [0, 0.1) is 6.92 Å². The number of methoxy groups -OCH3 is 1. The van der Waals surface area contributed by atoms with Gasteiger partial charge in [0.15, 0.2) is 16.8 Å². The van der Waals surface area contributed by atoms with Crippen molar-refractivity contribution < 1.29 is 9.15 Å². The van der Waals surface area contributed by atoms with Crippen LogP contribution in [0.15, 0.2) is 38.3 Å². The monoisotopic (exact) mass is 257 g/mol. The lowest BCUT2D eigenvalue weighted by atomic mass is 10.1. The number of nitrogens with one attached hydrogen (secondary N) is 1. The van der Waals surface area contributed by atoms with E-state index in [0.29, 0.717) is 27.9 Å². The SMILES string of the molecule is COc1cccc2c1oc(=O)c1c(=O)cc(C)[nH]c12. The maximum atomic E-state index is 12.0. The molecule has 0 unspecified atom stereocenters. The molecule has 0 amide bonds. The molecule has 0 fully saturated rings. The molecule has 0 bridgehead atoms. The molecular formula is C14H11NO4. The van der Waals surface area contributed by atoms with E-state index in [2.05, 4.69) is 4.98 Å². The molecule has 0 saturated carbocycles. The molecule has 2 heterocycles. The number of hydrogen-bond acceptors (Lipinski definition) is 4. The summed E-state index contributed by atoms with van der Waals surface area (Å²) in [5.41, 5.74) is 0.504. The molecule has 1 aromatic carbocycles. The van der Waals surface area contributed by atoms with Crippen molar-refractivity contribution in [1.29, 1.82) is 0 Å². The van der Waals surface area contributed by atoms with E-state index < -0.39 is 5.63 Å². The Morgan fingerprint density at radius 3 is 2.79 bits per heavy atom. The number of benzene rings is 1. The van der Waals surface area contributed by atoms with Gasteiger partial charge in [-0.3, -0.25) is 4.79 Å². The van der Waals surface area contributed by atoms with E-state index in [4.69, 9.17) is 9.15 Å². The first-order valence-electron chi connectivity index (χ1n) is 5.75. The largest absolute Gasteiger partial charge is 0.493 e. The summed E-state index contributed by atoms with van der Waals surface area (Å²) in [6.45, 7) is 1.77. The van der Waals surface area contributed by atoms with Crippen molar-refractivity contribution in [1.82, 2.24) is 4.98 Å². The van der Waals surface area contributed by atoms with E-state index in [1.54, 1.807) is 25.1 Å². The molecule has 0 aliphatic carbocycles. The number of pyridine rings is 1. The lowest BCUT2D eigenvalue weighted by Gasteiger charge is -2.06. The molecule has 0 radical (unpaired) electrons. The van der Waals surface area contributed by atoms with Gasteiger partial charge in [-0.1, -0.05) is 6.07 Å². The number of para-hydroxylation sites is 1. The summed E-state index contributed by atoms with van der Waals surface area (Å²) in [6, 6.07) is 6.63. The highest BCUT2D eigenvalue weighted by Crippen LogP contribution is 2.27. The first-order valence-corrected chi connectivity index (χ1v) is 5.75. The fourth-order valence-corrected chi connectivity index (χ4v) is 2.21. The van der Waals surface area contributed by atoms with Crippen molar-refractivity contribution in [2.45, 2.75) is 6.92 Å². The number of fused-ring (bicyclic) bond motifs is 3. The molecular weight excluding hydrogens is 246 g/mol. The highest BCUT2D eigenvalue weighted by atomic mass is 16.5. The second-order valence-electron chi connectivity index (χ2n) is 4.29. The number of aryl methyl sites for hydroxylation is 1. The highest BCUT2D eigenvalue weighted by Gasteiger charge is 2.14. The van der Waals surface area contributed by atoms with Crippen molar-refractivity contribution in [3.8, 4) is 5.75 Å². The Bertz CT molecular complexity index is 905. The summed E-state index contributed by atoms with van der Waals surface area (Å²) < 4.78 is 10.4. The smallest absolute Gasteiger partial charge is 0.349 e. The number of rotatable bonds is 1. The van der Waals surface area contributed by atoms with E-state index in [1.807, 2.05) is 0 Å². The van der Waals surface area contributed by atoms with Crippen LogP contribution in [0.4, 0.5) is 0 Å². The van der Waals surface area contributed by atoms with Crippen molar-refractivity contribution in [2.24, 2.45) is 0 Å². The van der Waals surface area contributed by atoms with Gasteiger partial charge in [-0.25, -0.2) is 4.79 Å². The number of H-pyrrole nitrogens is 1. The molecule has 0 aliphatic heterocycles. The second-order valence-corrected chi connectivity index (χ2v) is 4.29. The molecule has 0 atom stereocenters. The summed E-state index contributed by atoms with van der Waals surface area (Å²) in [5.74, 6) is 0.457. The van der Waals surface area contributed by atoms with E-state index in [1.165, 1.54) is 13.2 Å². The normalized spacial score (nSPS) is 11.1. The maximum Gasteiger partial charge on any atom is 0.349 e. The molecule has 2 aromatic heterocycles. The van der Waals surface area contributed by atoms with Crippen molar-refractivity contribution >= 4 is 21.9 Å².